The highest BCUT2D eigenvalue weighted by molar-refractivity contribution is 6.04. The van der Waals surface area contributed by atoms with Gasteiger partial charge in [-0.25, -0.2) is 0 Å². The quantitative estimate of drug-likeness (QED) is 0.741. The summed E-state index contributed by atoms with van der Waals surface area (Å²) in [4.78, 5) is 18.8. The standard InChI is InChI=1S/C23H21N3O3/c27-23(17-6-9-24-10-7-17)25-20-5-4-16-8-11-26(14-19(16)12-20)13-18-2-1-3-21-22(18)29-15-28-21/h1-7,9-10,12H,8,11,13-15H2,(H,25,27). The Morgan fingerprint density at radius 3 is 2.86 bits per heavy atom. The first kappa shape index (κ1) is 17.7. The number of hydrogen-bond acceptors (Lipinski definition) is 5. The van der Waals surface area contributed by atoms with Gasteiger partial charge in [-0.05, 0) is 47.9 Å². The van der Waals surface area contributed by atoms with Crippen LogP contribution in [0.3, 0.4) is 0 Å². The van der Waals surface area contributed by atoms with Crippen LogP contribution in [0.5, 0.6) is 11.5 Å². The van der Waals surface area contributed by atoms with Gasteiger partial charge in [0.1, 0.15) is 0 Å². The van der Waals surface area contributed by atoms with E-state index in [1.54, 1.807) is 24.5 Å². The van der Waals surface area contributed by atoms with E-state index in [-0.39, 0.29) is 12.7 Å². The van der Waals surface area contributed by atoms with Crippen LogP contribution < -0.4 is 14.8 Å². The molecule has 0 unspecified atom stereocenters. The van der Waals surface area contributed by atoms with Gasteiger partial charge in [0, 0.05) is 48.8 Å². The number of ether oxygens (including phenoxy) is 2. The molecule has 6 nitrogen and oxygen atoms in total. The molecule has 146 valence electrons. The molecular weight excluding hydrogens is 366 g/mol. The van der Waals surface area contributed by atoms with Crippen LogP contribution in [-0.4, -0.2) is 29.1 Å². The molecule has 0 atom stereocenters. The first-order chi connectivity index (χ1) is 14.3. The van der Waals surface area contributed by atoms with Crippen molar-refractivity contribution in [2.75, 3.05) is 18.7 Å². The molecule has 1 N–H and O–H groups in total. The van der Waals surface area contributed by atoms with Crippen LogP contribution in [0.2, 0.25) is 0 Å². The third-order valence-electron chi connectivity index (χ3n) is 5.37. The molecule has 0 saturated carbocycles. The van der Waals surface area contributed by atoms with Gasteiger partial charge >= 0.3 is 0 Å². The number of carbonyl (C=O) groups excluding carboxylic acids is 1. The summed E-state index contributed by atoms with van der Waals surface area (Å²) >= 11 is 0. The normalized spacial score (nSPS) is 15.0. The number of anilines is 1. The molecule has 0 saturated heterocycles. The van der Waals surface area contributed by atoms with E-state index < -0.39 is 0 Å². The summed E-state index contributed by atoms with van der Waals surface area (Å²) in [6.07, 6.45) is 4.23. The van der Waals surface area contributed by atoms with Crippen LogP contribution >= 0.6 is 0 Å². The summed E-state index contributed by atoms with van der Waals surface area (Å²) in [5.41, 5.74) is 5.13. The van der Waals surface area contributed by atoms with Crippen molar-refractivity contribution in [1.29, 1.82) is 0 Å². The highest BCUT2D eigenvalue weighted by atomic mass is 16.7. The van der Waals surface area contributed by atoms with Crippen LogP contribution in [0.25, 0.3) is 0 Å². The van der Waals surface area contributed by atoms with Crippen LogP contribution in [-0.2, 0) is 19.5 Å². The lowest BCUT2D eigenvalue weighted by molar-refractivity contribution is 0.102. The lowest BCUT2D eigenvalue weighted by Crippen LogP contribution is -2.30. The van der Waals surface area contributed by atoms with Crippen molar-refractivity contribution in [2.24, 2.45) is 0 Å². The molecule has 1 amide bonds. The maximum atomic E-state index is 12.4. The minimum Gasteiger partial charge on any atom is -0.454 e. The Balaban J connectivity index is 1.30. The number of amides is 1. The van der Waals surface area contributed by atoms with E-state index in [0.29, 0.717) is 5.56 Å². The largest absolute Gasteiger partial charge is 0.454 e. The number of para-hydroxylation sites is 1. The third-order valence-corrected chi connectivity index (χ3v) is 5.37. The fraction of sp³-hybridized carbons (Fsp3) is 0.217. The first-order valence-electron chi connectivity index (χ1n) is 9.69. The molecule has 0 aliphatic carbocycles. The van der Waals surface area contributed by atoms with E-state index in [1.807, 2.05) is 18.2 Å². The zero-order valence-corrected chi connectivity index (χ0v) is 15.9. The summed E-state index contributed by atoms with van der Waals surface area (Å²) in [5, 5.41) is 2.99. The van der Waals surface area contributed by atoms with Gasteiger partial charge in [0.05, 0.1) is 0 Å². The predicted molar refractivity (Wildman–Crippen MR) is 109 cm³/mol. The molecule has 0 bridgehead atoms. The zero-order chi connectivity index (χ0) is 19.6. The van der Waals surface area contributed by atoms with E-state index in [9.17, 15) is 4.79 Å². The molecule has 0 fully saturated rings. The van der Waals surface area contributed by atoms with Gasteiger partial charge in [-0.2, -0.15) is 0 Å². The zero-order valence-electron chi connectivity index (χ0n) is 15.9. The number of nitrogens with zero attached hydrogens (tertiary/aromatic N) is 2. The second-order valence-electron chi connectivity index (χ2n) is 7.29. The highest BCUT2D eigenvalue weighted by Crippen LogP contribution is 2.36. The summed E-state index contributed by atoms with van der Waals surface area (Å²) in [5.74, 6) is 1.55. The Morgan fingerprint density at radius 2 is 1.97 bits per heavy atom. The van der Waals surface area contributed by atoms with Crippen LogP contribution in [0.15, 0.2) is 60.9 Å². The van der Waals surface area contributed by atoms with E-state index in [2.05, 4.69) is 33.4 Å². The monoisotopic (exact) mass is 387 g/mol. The van der Waals surface area contributed by atoms with Crippen LogP contribution in [0.4, 0.5) is 5.69 Å². The van der Waals surface area contributed by atoms with Crippen molar-refractivity contribution in [3.63, 3.8) is 0 Å². The van der Waals surface area contributed by atoms with Crippen molar-refractivity contribution >= 4 is 11.6 Å². The number of nitrogens with one attached hydrogen (secondary N) is 1. The number of benzene rings is 2. The molecule has 3 aromatic rings. The van der Waals surface area contributed by atoms with E-state index in [4.69, 9.17) is 9.47 Å². The molecule has 2 aromatic carbocycles. The number of rotatable bonds is 4. The second kappa shape index (κ2) is 7.56. The van der Waals surface area contributed by atoms with Gasteiger partial charge in [-0.15, -0.1) is 0 Å². The highest BCUT2D eigenvalue weighted by Gasteiger charge is 2.22. The van der Waals surface area contributed by atoms with Crippen molar-refractivity contribution in [2.45, 2.75) is 19.5 Å². The smallest absolute Gasteiger partial charge is 0.255 e. The maximum absolute atomic E-state index is 12.4. The third kappa shape index (κ3) is 3.67. The Hall–Kier alpha value is -3.38. The van der Waals surface area contributed by atoms with Crippen LogP contribution in [0, 0.1) is 0 Å². The predicted octanol–water partition coefficient (Wildman–Crippen LogP) is 3.62. The minimum absolute atomic E-state index is 0.128. The molecule has 29 heavy (non-hydrogen) atoms. The number of aromatic nitrogens is 1. The molecule has 6 heteroatoms. The molecule has 3 heterocycles. The molecule has 2 aliphatic rings. The van der Waals surface area contributed by atoms with Crippen molar-refractivity contribution in [3.8, 4) is 11.5 Å². The number of carbonyl (C=O) groups is 1. The van der Waals surface area contributed by atoms with E-state index >= 15 is 0 Å². The Morgan fingerprint density at radius 1 is 1.07 bits per heavy atom. The number of hydrogen-bond donors (Lipinski definition) is 1. The van der Waals surface area contributed by atoms with Gasteiger partial charge < -0.3 is 14.8 Å². The Bertz CT molecular complexity index is 1050. The second-order valence-corrected chi connectivity index (χ2v) is 7.29. The van der Waals surface area contributed by atoms with Crippen molar-refractivity contribution in [1.82, 2.24) is 9.88 Å². The van der Waals surface area contributed by atoms with Gasteiger partial charge in [0.2, 0.25) is 6.79 Å². The molecule has 1 aromatic heterocycles. The maximum Gasteiger partial charge on any atom is 0.255 e. The summed E-state index contributed by atoms with van der Waals surface area (Å²) in [7, 11) is 0. The lowest BCUT2D eigenvalue weighted by Gasteiger charge is -2.29. The Labute approximate surface area is 169 Å². The first-order valence-corrected chi connectivity index (χ1v) is 9.69. The van der Waals surface area contributed by atoms with Gasteiger partial charge in [-0.1, -0.05) is 18.2 Å². The molecular formula is C23H21N3O3. The summed E-state index contributed by atoms with van der Waals surface area (Å²) in [6.45, 7) is 2.91. The van der Waals surface area contributed by atoms with Crippen molar-refractivity contribution < 1.29 is 14.3 Å². The van der Waals surface area contributed by atoms with Gasteiger partial charge in [0.15, 0.2) is 11.5 Å². The van der Waals surface area contributed by atoms with Gasteiger partial charge in [-0.3, -0.25) is 14.7 Å². The average molecular weight is 387 g/mol. The number of fused-ring (bicyclic) bond motifs is 2. The lowest BCUT2D eigenvalue weighted by atomic mass is 9.98. The summed E-state index contributed by atoms with van der Waals surface area (Å²) in [6, 6.07) is 15.6. The molecule has 2 aliphatic heterocycles. The van der Waals surface area contributed by atoms with E-state index in [1.165, 1.54) is 11.1 Å². The average Bonchev–Trinajstić information content (AvgIpc) is 3.24. The van der Waals surface area contributed by atoms with E-state index in [0.717, 1.165) is 48.8 Å². The minimum atomic E-state index is -0.128. The van der Waals surface area contributed by atoms with Gasteiger partial charge in [0.25, 0.3) is 5.91 Å². The Kier molecular flexibility index (Phi) is 4.62. The number of pyridine rings is 1. The molecule has 5 rings (SSSR count). The van der Waals surface area contributed by atoms with Crippen molar-refractivity contribution in [3.05, 3.63) is 83.2 Å². The van der Waals surface area contributed by atoms with Crippen LogP contribution in [0.1, 0.15) is 27.0 Å². The SMILES string of the molecule is O=C(Nc1ccc2c(c1)CN(Cc1cccc3c1OCO3)CC2)c1ccncc1. The molecule has 0 radical (unpaired) electrons. The fourth-order valence-corrected chi connectivity index (χ4v) is 3.89. The molecule has 0 spiro atoms. The fourth-order valence-electron chi connectivity index (χ4n) is 3.89. The summed E-state index contributed by atoms with van der Waals surface area (Å²) < 4.78 is 11.1. The topological polar surface area (TPSA) is 63.7 Å².